The molecule has 0 spiro atoms. The quantitative estimate of drug-likeness (QED) is 0.699. The minimum absolute atomic E-state index is 0. The van der Waals surface area contributed by atoms with Gasteiger partial charge in [0.15, 0.2) is 0 Å². The van der Waals surface area contributed by atoms with Crippen molar-refractivity contribution in [1.29, 1.82) is 0 Å². The number of rotatable bonds is 4. The molecule has 0 N–H and O–H groups in total. The molecular weight excluding hydrogens is 176 g/mol. The Morgan fingerprint density at radius 3 is 1.29 bits per heavy atom. The standard InChI is InChI=1S/C10H20O2.2CH4/c1-11-7-9-3-5-10(6-4-9)8-12-2;;/h9-10H,3-8H2,1-2H3;2*1H4. The molecule has 0 radical (unpaired) electrons. The van der Waals surface area contributed by atoms with Crippen LogP contribution >= 0.6 is 0 Å². The Kier molecular flexibility index (Phi) is 11.1. The number of hydrogen-bond acceptors (Lipinski definition) is 2. The molecule has 0 aromatic carbocycles. The van der Waals surface area contributed by atoms with Crippen molar-refractivity contribution >= 4 is 0 Å². The van der Waals surface area contributed by atoms with Crippen molar-refractivity contribution in [1.82, 2.24) is 0 Å². The third-order valence-electron chi connectivity index (χ3n) is 2.77. The number of ether oxygens (including phenoxy) is 2. The van der Waals surface area contributed by atoms with Crippen molar-refractivity contribution in [3.8, 4) is 0 Å². The first kappa shape index (κ1) is 16.4. The molecule has 0 aromatic heterocycles. The van der Waals surface area contributed by atoms with E-state index in [4.69, 9.17) is 9.47 Å². The molecule has 0 saturated heterocycles. The van der Waals surface area contributed by atoms with Gasteiger partial charge in [-0.05, 0) is 37.5 Å². The second-order valence-corrected chi connectivity index (χ2v) is 3.80. The van der Waals surface area contributed by atoms with Crippen LogP contribution in [-0.2, 0) is 9.47 Å². The fourth-order valence-corrected chi connectivity index (χ4v) is 2.04. The SMILES string of the molecule is C.C.COCC1CCC(COC)CC1. The van der Waals surface area contributed by atoms with E-state index in [-0.39, 0.29) is 14.9 Å². The Morgan fingerprint density at radius 1 is 0.786 bits per heavy atom. The molecule has 1 aliphatic carbocycles. The van der Waals surface area contributed by atoms with Gasteiger partial charge in [0.2, 0.25) is 0 Å². The summed E-state index contributed by atoms with van der Waals surface area (Å²) in [5.74, 6) is 1.62. The summed E-state index contributed by atoms with van der Waals surface area (Å²) >= 11 is 0. The highest BCUT2D eigenvalue weighted by molar-refractivity contribution is 4.71. The van der Waals surface area contributed by atoms with Crippen LogP contribution in [0.3, 0.4) is 0 Å². The van der Waals surface area contributed by atoms with Gasteiger partial charge in [0.1, 0.15) is 0 Å². The third kappa shape index (κ3) is 5.61. The highest BCUT2D eigenvalue weighted by Gasteiger charge is 2.20. The maximum atomic E-state index is 5.15. The molecule has 0 aliphatic heterocycles. The highest BCUT2D eigenvalue weighted by Crippen LogP contribution is 2.28. The first-order valence-corrected chi connectivity index (χ1v) is 4.84. The molecule has 2 heteroatoms. The molecule has 1 aliphatic rings. The summed E-state index contributed by atoms with van der Waals surface area (Å²) < 4.78 is 10.3. The molecular formula is C12H28O2. The predicted molar refractivity (Wildman–Crippen MR) is 62.7 cm³/mol. The molecule has 1 saturated carbocycles. The zero-order valence-corrected chi connectivity index (χ0v) is 8.21. The topological polar surface area (TPSA) is 18.5 Å². The van der Waals surface area contributed by atoms with Crippen molar-refractivity contribution in [2.45, 2.75) is 40.5 Å². The summed E-state index contributed by atoms with van der Waals surface area (Å²) in [6.45, 7) is 1.89. The molecule has 1 fully saturated rings. The van der Waals surface area contributed by atoms with Gasteiger partial charge in [-0.2, -0.15) is 0 Å². The van der Waals surface area contributed by atoms with Crippen LogP contribution in [0.25, 0.3) is 0 Å². The lowest BCUT2D eigenvalue weighted by Crippen LogP contribution is -2.20. The fourth-order valence-electron chi connectivity index (χ4n) is 2.04. The summed E-state index contributed by atoms with van der Waals surface area (Å²) in [5, 5.41) is 0. The van der Waals surface area contributed by atoms with Crippen LogP contribution in [0.1, 0.15) is 40.5 Å². The van der Waals surface area contributed by atoms with Gasteiger partial charge in [0, 0.05) is 27.4 Å². The summed E-state index contributed by atoms with van der Waals surface area (Å²) in [7, 11) is 3.59. The van der Waals surface area contributed by atoms with E-state index < -0.39 is 0 Å². The Labute approximate surface area is 90.0 Å². The summed E-state index contributed by atoms with van der Waals surface area (Å²) in [5.41, 5.74) is 0. The van der Waals surface area contributed by atoms with E-state index in [1.54, 1.807) is 14.2 Å². The van der Waals surface area contributed by atoms with Gasteiger partial charge < -0.3 is 9.47 Å². The van der Waals surface area contributed by atoms with Crippen LogP contribution in [0.2, 0.25) is 0 Å². The van der Waals surface area contributed by atoms with Crippen LogP contribution in [-0.4, -0.2) is 27.4 Å². The molecule has 0 atom stereocenters. The summed E-state index contributed by atoms with van der Waals surface area (Å²) in [6, 6.07) is 0. The molecule has 14 heavy (non-hydrogen) atoms. The molecule has 1 rings (SSSR count). The average molecular weight is 204 g/mol. The normalized spacial score (nSPS) is 26.1. The Morgan fingerprint density at radius 2 is 1.07 bits per heavy atom. The molecule has 0 aromatic rings. The lowest BCUT2D eigenvalue weighted by molar-refractivity contribution is 0.0862. The van der Waals surface area contributed by atoms with Crippen LogP contribution < -0.4 is 0 Å². The van der Waals surface area contributed by atoms with E-state index in [0.29, 0.717) is 0 Å². The first-order valence-electron chi connectivity index (χ1n) is 4.84. The second kappa shape index (κ2) is 9.47. The minimum Gasteiger partial charge on any atom is -0.384 e. The zero-order chi connectivity index (χ0) is 8.81. The van der Waals surface area contributed by atoms with Gasteiger partial charge in [0.05, 0.1) is 0 Å². The molecule has 88 valence electrons. The lowest BCUT2D eigenvalue weighted by atomic mass is 9.83. The van der Waals surface area contributed by atoms with Crippen molar-refractivity contribution in [2.24, 2.45) is 11.8 Å². The van der Waals surface area contributed by atoms with Gasteiger partial charge in [-0.15, -0.1) is 0 Å². The number of hydrogen-bond donors (Lipinski definition) is 0. The molecule has 0 amide bonds. The lowest BCUT2D eigenvalue weighted by Gasteiger charge is -2.27. The van der Waals surface area contributed by atoms with Crippen LogP contribution in [0.5, 0.6) is 0 Å². The minimum atomic E-state index is 0. The van der Waals surface area contributed by atoms with Crippen molar-refractivity contribution in [3.63, 3.8) is 0 Å². The van der Waals surface area contributed by atoms with Crippen molar-refractivity contribution in [2.75, 3.05) is 27.4 Å². The largest absolute Gasteiger partial charge is 0.384 e. The van der Waals surface area contributed by atoms with Crippen LogP contribution in [0.15, 0.2) is 0 Å². The smallest absolute Gasteiger partial charge is 0.0490 e. The maximum Gasteiger partial charge on any atom is 0.0490 e. The molecule has 2 nitrogen and oxygen atoms in total. The fraction of sp³-hybridized carbons (Fsp3) is 1.00. The van der Waals surface area contributed by atoms with Crippen LogP contribution in [0, 0.1) is 11.8 Å². The van der Waals surface area contributed by atoms with E-state index in [0.717, 1.165) is 25.0 Å². The predicted octanol–water partition coefficient (Wildman–Crippen LogP) is 3.36. The van der Waals surface area contributed by atoms with E-state index in [9.17, 15) is 0 Å². The highest BCUT2D eigenvalue weighted by atomic mass is 16.5. The second-order valence-electron chi connectivity index (χ2n) is 3.80. The Balaban J connectivity index is 0. The molecule has 0 heterocycles. The van der Waals surface area contributed by atoms with E-state index in [1.807, 2.05) is 0 Å². The van der Waals surface area contributed by atoms with Gasteiger partial charge in [0.25, 0.3) is 0 Å². The maximum absolute atomic E-state index is 5.15. The van der Waals surface area contributed by atoms with E-state index >= 15 is 0 Å². The van der Waals surface area contributed by atoms with Gasteiger partial charge in [-0.3, -0.25) is 0 Å². The summed E-state index contributed by atoms with van der Waals surface area (Å²) in [4.78, 5) is 0. The molecule has 0 unspecified atom stereocenters. The zero-order valence-electron chi connectivity index (χ0n) is 8.21. The number of methoxy groups -OCH3 is 2. The third-order valence-corrected chi connectivity index (χ3v) is 2.77. The van der Waals surface area contributed by atoms with E-state index in [2.05, 4.69) is 0 Å². The van der Waals surface area contributed by atoms with Crippen LogP contribution in [0.4, 0.5) is 0 Å². The Bertz CT molecular complexity index is 92.9. The van der Waals surface area contributed by atoms with Gasteiger partial charge >= 0.3 is 0 Å². The first-order chi connectivity index (χ1) is 5.86. The van der Waals surface area contributed by atoms with Gasteiger partial charge in [-0.1, -0.05) is 14.9 Å². The molecule has 0 bridgehead atoms. The van der Waals surface area contributed by atoms with Crippen molar-refractivity contribution in [3.05, 3.63) is 0 Å². The van der Waals surface area contributed by atoms with E-state index in [1.165, 1.54) is 25.7 Å². The van der Waals surface area contributed by atoms with Gasteiger partial charge in [-0.25, -0.2) is 0 Å². The average Bonchev–Trinajstić information content (AvgIpc) is 2.09. The monoisotopic (exact) mass is 204 g/mol. The van der Waals surface area contributed by atoms with Crippen molar-refractivity contribution < 1.29 is 9.47 Å². The Hall–Kier alpha value is -0.0800. The summed E-state index contributed by atoms with van der Waals surface area (Å²) in [6.07, 6.45) is 5.29.